The van der Waals surface area contributed by atoms with E-state index in [-0.39, 0.29) is 18.2 Å². The molecule has 2 fully saturated rings. The summed E-state index contributed by atoms with van der Waals surface area (Å²) in [5.41, 5.74) is 3.40. The first-order chi connectivity index (χ1) is 11.9. The van der Waals surface area contributed by atoms with Gasteiger partial charge >= 0.3 is 6.03 Å². The van der Waals surface area contributed by atoms with Crippen LogP contribution in [0.3, 0.4) is 0 Å². The van der Waals surface area contributed by atoms with Crippen molar-refractivity contribution in [3.8, 4) is 0 Å². The number of aryl methyl sites for hydroxylation is 2. The summed E-state index contributed by atoms with van der Waals surface area (Å²) in [7, 11) is 1.95. The maximum absolute atomic E-state index is 12.2. The molecule has 7 heteroatoms. The van der Waals surface area contributed by atoms with Crippen LogP contribution in [-0.4, -0.2) is 65.1 Å². The SMILES string of the molecule is Cc1nn(C)c(C)c1C[C@H](C)NC(=O)NC[C@H]1CN2CCC[C@@H]2CO1. The molecule has 2 aliphatic rings. The van der Waals surface area contributed by atoms with Crippen molar-refractivity contribution in [3.63, 3.8) is 0 Å². The lowest BCUT2D eigenvalue weighted by Gasteiger charge is -2.35. The third-order valence-corrected chi connectivity index (χ3v) is 5.50. The molecular formula is C18H31N5O2. The number of hydrogen-bond donors (Lipinski definition) is 2. The molecule has 1 aromatic heterocycles. The molecule has 3 rings (SSSR count). The number of rotatable bonds is 5. The molecule has 0 aliphatic carbocycles. The number of nitrogens with one attached hydrogen (secondary N) is 2. The molecule has 2 N–H and O–H groups in total. The van der Waals surface area contributed by atoms with Crippen molar-refractivity contribution < 1.29 is 9.53 Å². The van der Waals surface area contributed by atoms with E-state index >= 15 is 0 Å². The fourth-order valence-electron chi connectivity index (χ4n) is 3.96. The predicted octanol–water partition coefficient (Wildman–Crippen LogP) is 1.13. The number of carbonyl (C=O) groups excluding carboxylic acids is 1. The highest BCUT2D eigenvalue weighted by Crippen LogP contribution is 2.22. The highest BCUT2D eigenvalue weighted by atomic mass is 16.5. The minimum atomic E-state index is -0.126. The molecule has 0 unspecified atom stereocenters. The van der Waals surface area contributed by atoms with Crippen molar-refractivity contribution in [3.05, 3.63) is 17.0 Å². The Bertz CT molecular complexity index is 615. The molecule has 2 saturated heterocycles. The van der Waals surface area contributed by atoms with Crippen LogP contribution in [-0.2, 0) is 18.2 Å². The van der Waals surface area contributed by atoms with Gasteiger partial charge in [0.05, 0.1) is 18.4 Å². The zero-order valence-corrected chi connectivity index (χ0v) is 15.8. The zero-order chi connectivity index (χ0) is 18.0. The molecule has 0 saturated carbocycles. The van der Waals surface area contributed by atoms with E-state index in [4.69, 9.17) is 4.74 Å². The Kier molecular flexibility index (Phi) is 5.64. The Morgan fingerprint density at radius 3 is 2.96 bits per heavy atom. The highest BCUT2D eigenvalue weighted by Gasteiger charge is 2.32. The first kappa shape index (κ1) is 18.2. The molecule has 0 aromatic carbocycles. The Morgan fingerprint density at radius 2 is 2.24 bits per heavy atom. The highest BCUT2D eigenvalue weighted by molar-refractivity contribution is 5.74. The lowest BCUT2D eigenvalue weighted by atomic mass is 10.1. The molecule has 3 atom stereocenters. The lowest BCUT2D eigenvalue weighted by Crippen LogP contribution is -2.51. The van der Waals surface area contributed by atoms with Gasteiger partial charge < -0.3 is 15.4 Å². The average Bonchev–Trinajstić information content (AvgIpc) is 3.12. The lowest BCUT2D eigenvalue weighted by molar-refractivity contribution is -0.0458. The van der Waals surface area contributed by atoms with Crippen LogP contribution in [0.4, 0.5) is 4.79 Å². The van der Waals surface area contributed by atoms with Crippen molar-refractivity contribution in [2.24, 2.45) is 7.05 Å². The van der Waals surface area contributed by atoms with Crippen LogP contribution < -0.4 is 10.6 Å². The summed E-state index contributed by atoms with van der Waals surface area (Å²) in [5, 5.41) is 10.4. The molecule has 0 bridgehead atoms. The Morgan fingerprint density at radius 1 is 1.44 bits per heavy atom. The van der Waals surface area contributed by atoms with E-state index < -0.39 is 0 Å². The molecule has 0 spiro atoms. The molecular weight excluding hydrogens is 318 g/mol. The average molecular weight is 349 g/mol. The maximum atomic E-state index is 12.2. The number of aromatic nitrogens is 2. The summed E-state index contributed by atoms with van der Waals surface area (Å²) in [6.45, 7) is 9.55. The molecule has 2 aliphatic heterocycles. The topological polar surface area (TPSA) is 71.4 Å². The Balaban J connectivity index is 1.41. The first-order valence-electron chi connectivity index (χ1n) is 9.33. The number of nitrogens with zero attached hydrogens (tertiary/aromatic N) is 3. The second-order valence-corrected chi connectivity index (χ2v) is 7.48. The van der Waals surface area contributed by atoms with Gasteiger partial charge in [0.15, 0.2) is 0 Å². The van der Waals surface area contributed by atoms with Gasteiger partial charge in [-0.25, -0.2) is 4.79 Å². The van der Waals surface area contributed by atoms with Gasteiger partial charge in [0.25, 0.3) is 0 Å². The van der Waals surface area contributed by atoms with Crippen LogP contribution in [0, 0.1) is 13.8 Å². The largest absolute Gasteiger partial charge is 0.373 e. The fourth-order valence-corrected chi connectivity index (χ4v) is 3.96. The predicted molar refractivity (Wildman–Crippen MR) is 96.7 cm³/mol. The van der Waals surface area contributed by atoms with E-state index in [0.717, 1.165) is 37.5 Å². The van der Waals surface area contributed by atoms with E-state index in [2.05, 4.69) is 27.6 Å². The summed E-state index contributed by atoms with van der Waals surface area (Å²) in [4.78, 5) is 14.7. The number of carbonyl (C=O) groups is 1. The normalized spacial score (nSPS) is 24.8. The summed E-state index contributed by atoms with van der Waals surface area (Å²) < 4.78 is 7.77. The molecule has 25 heavy (non-hydrogen) atoms. The number of amides is 2. The molecule has 140 valence electrons. The summed E-state index contributed by atoms with van der Waals surface area (Å²) >= 11 is 0. The summed E-state index contributed by atoms with van der Waals surface area (Å²) in [6.07, 6.45) is 3.39. The fraction of sp³-hybridized carbons (Fsp3) is 0.778. The summed E-state index contributed by atoms with van der Waals surface area (Å²) in [6, 6.07) is 0.520. The monoisotopic (exact) mass is 349 g/mol. The van der Waals surface area contributed by atoms with Crippen molar-refractivity contribution in [1.29, 1.82) is 0 Å². The van der Waals surface area contributed by atoms with Crippen molar-refractivity contribution in [2.75, 3.05) is 26.2 Å². The van der Waals surface area contributed by atoms with Gasteiger partial charge in [-0.15, -0.1) is 0 Å². The third kappa shape index (κ3) is 4.33. The molecule has 0 radical (unpaired) electrons. The zero-order valence-electron chi connectivity index (χ0n) is 15.8. The first-order valence-corrected chi connectivity index (χ1v) is 9.33. The van der Waals surface area contributed by atoms with Crippen LogP contribution in [0.5, 0.6) is 0 Å². The van der Waals surface area contributed by atoms with Crippen molar-refractivity contribution in [1.82, 2.24) is 25.3 Å². The third-order valence-electron chi connectivity index (χ3n) is 5.50. The van der Waals surface area contributed by atoms with Gasteiger partial charge in [-0.2, -0.15) is 5.10 Å². The maximum Gasteiger partial charge on any atom is 0.315 e. The number of ether oxygens (including phenoxy) is 1. The number of urea groups is 1. The smallest absolute Gasteiger partial charge is 0.315 e. The van der Waals surface area contributed by atoms with Gasteiger partial charge in [-0.3, -0.25) is 9.58 Å². The van der Waals surface area contributed by atoms with Gasteiger partial charge in [0, 0.05) is 37.9 Å². The quantitative estimate of drug-likeness (QED) is 0.836. The number of morpholine rings is 1. The summed E-state index contributed by atoms with van der Waals surface area (Å²) in [5.74, 6) is 0. The Hall–Kier alpha value is -1.60. The van der Waals surface area contributed by atoms with Crippen molar-refractivity contribution in [2.45, 2.75) is 58.2 Å². The number of hydrogen-bond acceptors (Lipinski definition) is 4. The minimum Gasteiger partial charge on any atom is -0.373 e. The minimum absolute atomic E-state index is 0.0526. The van der Waals surface area contributed by atoms with Crippen LogP contribution in [0.1, 0.15) is 36.7 Å². The Labute approximate surface area is 150 Å². The van der Waals surface area contributed by atoms with Gasteiger partial charge in [0.1, 0.15) is 0 Å². The molecule has 7 nitrogen and oxygen atoms in total. The van der Waals surface area contributed by atoms with Crippen molar-refractivity contribution >= 4 is 6.03 Å². The second kappa shape index (κ2) is 7.74. The van der Waals surface area contributed by atoms with E-state index in [1.54, 1.807) is 0 Å². The van der Waals surface area contributed by atoms with Gasteiger partial charge in [-0.1, -0.05) is 0 Å². The second-order valence-electron chi connectivity index (χ2n) is 7.48. The van der Waals surface area contributed by atoms with Crippen LogP contribution in [0.2, 0.25) is 0 Å². The van der Waals surface area contributed by atoms with E-state index in [1.807, 2.05) is 25.6 Å². The van der Waals surface area contributed by atoms with E-state index in [0.29, 0.717) is 12.6 Å². The standard InChI is InChI=1S/C18H31N5O2/c1-12(8-17-13(2)21-22(4)14(17)3)20-18(24)19-9-16-10-23-7-5-6-15(23)11-25-16/h12,15-16H,5-11H2,1-4H3,(H2,19,20,24)/t12-,15+,16-/m0/s1. The van der Waals surface area contributed by atoms with Gasteiger partial charge in [0.2, 0.25) is 0 Å². The van der Waals surface area contributed by atoms with E-state index in [1.165, 1.54) is 18.4 Å². The molecule has 3 heterocycles. The number of fused-ring (bicyclic) bond motifs is 1. The molecule has 1 aromatic rings. The van der Waals surface area contributed by atoms with Crippen LogP contribution in [0.15, 0.2) is 0 Å². The van der Waals surface area contributed by atoms with Gasteiger partial charge in [-0.05, 0) is 52.1 Å². The molecule has 2 amide bonds. The van der Waals surface area contributed by atoms with Crippen LogP contribution in [0.25, 0.3) is 0 Å². The van der Waals surface area contributed by atoms with E-state index in [9.17, 15) is 4.79 Å². The van der Waals surface area contributed by atoms with Crippen LogP contribution >= 0.6 is 0 Å².